The Morgan fingerprint density at radius 2 is 1.77 bits per heavy atom. The van der Waals surface area contributed by atoms with Crippen molar-refractivity contribution in [3.8, 4) is 0 Å². The van der Waals surface area contributed by atoms with Crippen LogP contribution in [0.1, 0.15) is 93.9 Å². The summed E-state index contributed by atoms with van der Waals surface area (Å²) in [7, 11) is 1.78. The first-order valence-electron chi connectivity index (χ1n) is 13.9. The summed E-state index contributed by atoms with van der Waals surface area (Å²) in [6.45, 7) is 9.02. The average Bonchev–Trinajstić information content (AvgIpc) is 3.40. The van der Waals surface area contributed by atoms with Crippen LogP contribution in [0.25, 0.3) is 0 Å². The third-order valence-electron chi connectivity index (χ3n) is 6.92. The van der Waals surface area contributed by atoms with E-state index in [9.17, 15) is 24.3 Å². The van der Waals surface area contributed by atoms with Crippen molar-refractivity contribution in [3.63, 3.8) is 0 Å². The van der Waals surface area contributed by atoms with Gasteiger partial charge in [-0.05, 0) is 30.7 Å². The lowest BCUT2D eigenvalue weighted by Gasteiger charge is -2.33. The summed E-state index contributed by atoms with van der Waals surface area (Å²) >= 11 is 1.22. The Morgan fingerprint density at radius 3 is 2.35 bits per heavy atom. The lowest BCUT2D eigenvalue weighted by atomic mass is 9.96. The average molecular weight is 574 g/mol. The number of amides is 2. The van der Waals surface area contributed by atoms with Crippen LogP contribution < -0.4 is 5.32 Å². The fraction of sp³-hybridized carbons (Fsp3) is 0.567. The number of carboxylic acid groups (broad SMARTS) is 1. The second-order valence-corrected chi connectivity index (χ2v) is 11.5. The molecule has 2 N–H and O–H groups in total. The van der Waals surface area contributed by atoms with E-state index in [1.165, 1.54) is 18.3 Å². The highest BCUT2D eigenvalue weighted by molar-refractivity contribution is 7.09. The van der Waals surface area contributed by atoms with E-state index in [0.29, 0.717) is 24.3 Å². The molecule has 40 heavy (non-hydrogen) atoms. The van der Waals surface area contributed by atoms with Crippen LogP contribution in [0, 0.1) is 11.8 Å². The van der Waals surface area contributed by atoms with E-state index < -0.39 is 35.9 Å². The molecule has 1 aromatic carbocycles. The molecule has 1 aromatic heterocycles. The van der Waals surface area contributed by atoms with Gasteiger partial charge in [-0.15, -0.1) is 11.3 Å². The van der Waals surface area contributed by atoms with Crippen LogP contribution in [0.5, 0.6) is 0 Å². The zero-order valence-electron chi connectivity index (χ0n) is 24.4. The molecule has 2 amide bonds. The van der Waals surface area contributed by atoms with Crippen LogP contribution in [0.2, 0.25) is 0 Å². The predicted octanol–water partition coefficient (Wildman–Crippen LogP) is 5.26. The van der Waals surface area contributed by atoms with Crippen molar-refractivity contribution in [2.24, 2.45) is 11.8 Å². The number of thiazole rings is 1. The van der Waals surface area contributed by atoms with Crippen LogP contribution >= 0.6 is 11.3 Å². The van der Waals surface area contributed by atoms with Gasteiger partial charge in [-0.2, -0.15) is 0 Å². The number of ether oxygens (including phenoxy) is 1. The highest BCUT2D eigenvalue weighted by Gasteiger charge is 2.31. The molecular weight excluding hydrogens is 530 g/mol. The van der Waals surface area contributed by atoms with Crippen molar-refractivity contribution < 1.29 is 29.0 Å². The minimum Gasteiger partial charge on any atom is -0.481 e. The minimum absolute atomic E-state index is 0.0429. The normalized spacial score (nSPS) is 14.2. The SMILES string of the molecule is CCCCC(=O)N(C)C(CC(OC(C)=O)c1nc(C(=O)NC(Cc2ccccc2)CC(C)C(=O)O)cs1)C(C)C. The second-order valence-electron chi connectivity index (χ2n) is 10.7. The molecule has 0 aliphatic heterocycles. The molecule has 10 heteroatoms. The van der Waals surface area contributed by atoms with Gasteiger partial charge in [-0.3, -0.25) is 19.2 Å². The van der Waals surface area contributed by atoms with Crippen molar-refractivity contribution in [2.75, 3.05) is 7.05 Å². The first-order valence-corrected chi connectivity index (χ1v) is 14.8. The third-order valence-corrected chi connectivity index (χ3v) is 7.85. The Kier molecular flexibility index (Phi) is 13.3. The van der Waals surface area contributed by atoms with Crippen LogP contribution in [0.4, 0.5) is 0 Å². The number of aliphatic carboxylic acids is 1. The molecule has 9 nitrogen and oxygen atoms in total. The number of hydrogen-bond donors (Lipinski definition) is 2. The second kappa shape index (κ2) is 16.1. The predicted molar refractivity (Wildman–Crippen MR) is 155 cm³/mol. The summed E-state index contributed by atoms with van der Waals surface area (Å²) in [4.78, 5) is 55.7. The lowest BCUT2D eigenvalue weighted by Crippen LogP contribution is -2.41. The van der Waals surface area contributed by atoms with Crippen LogP contribution in [0.3, 0.4) is 0 Å². The molecule has 220 valence electrons. The molecule has 4 unspecified atom stereocenters. The van der Waals surface area contributed by atoms with Gasteiger partial charge < -0.3 is 20.1 Å². The van der Waals surface area contributed by atoms with Crippen molar-refractivity contribution in [1.29, 1.82) is 0 Å². The number of carbonyl (C=O) groups excluding carboxylic acids is 3. The summed E-state index contributed by atoms with van der Waals surface area (Å²) < 4.78 is 5.63. The minimum atomic E-state index is -0.926. The van der Waals surface area contributed by atoms with Crippen molar-refractivity contribution >= 4 is 35.1 Å². The number of carboxylic acids is 1. The largest absolute Gasteiger partial charge is 0.481 e. The van der Waals surface area contributed by atoms with Gasteiger partial charge in [0.2, 0.25) is 5.91 Å². The molecule has 4 atom stereocenters. The van der Waals surface area contributed by atoms with Gasteiger partial charge in [-0.25, -0.2) is 4.98 Å². The summed E-state index contributed by atoms with van der Waals surface area (Å²) in [5, 5.41) is 14.5. The van der Waals surface area contributed by atoms with E-state index >= 15 is 0 Å². The number of rotatable bonds is 16. The molecule has 2 rings (SSSR count). The molecule has 0 aliphatic rings. The number of benzene rings is 1. The van der Waals surface area contributed by atoms with Crippen molar-refractivity contribution in [3.05, 3.63) is 52.0 Å². The Hall–Kier alpha value is -3.27. The van der Waals surface area contributed by atoms with Gasteiger partial charge in [0.05, 0.1) is 5.92 Å². The van der Waals surface area contributed by atoms with E-state index in [1.54, 1.807) is 24.3 Å². The molecule has 0 radical (unpaired) electrons. The van der Waals surface area contributed by atoms with Crippen LogP contribution in [-0.2, 0) is 25.5 Å². The van der Waals surface area contributed by atoms with Gasteiger partial charge in [0.1, 0.15) is 10.7 Å². The first-order chi connectivity index (χ1) is 18.9. The lowest BCUT2D eigenvalue weighted by molar-refractivity contribution is -0.148. The molecule has 1 heterocycles. The number of nitrogens with one attached hydrogen (secondary N) is 1. The molecule has 0 spiro atoms. The Labute approximate surface area is 241 Å². The fourth-order valence-corrected chi connectivity index (χ4v) is 5.44. The monoisotopic (exact) mass is 573 g/mol. The zero-order valence-corrected chi connectivity index (χ0v) is 25.2. The highest BCUT2D eigenvalue weighted by atomic mass is 32.1. The van der Waals surface area contributed by atoms with Gasteiger partial charge in [0, 0.05) is 44.3 Å². The van der Waals surface area contributed by atoms with E-state index in [0.717, 1.165) is 18.4 Å². The zero-order chi connectivity index (χ0) is 29.8. The summed E-state index contributed by atoms with van der Waals surface area (Å²) in [6.07, 6.45) is 2.57. The maximum absolute atomic E-state index is 13.2. The Morgan fingerprint density at radius 1 is 1.10 bits per heavy atom. The van der Waals surface area contributed by atoms with E-state index in [4.69, 9.17) is 4.74 Å². The maximum atomic E-state index is 13.2. The number of esters is 1. The third kappa shape index (κ3) is 10.4. The van der Waals surface area contributed by atoms with Crippen LogP contribution in [0.15, 0.2) is 35.7 Å². The number of aromatic nitrogens is 1. The van der Waals surface area contributed by atoms with E-state index in [1.807, 2.05) is 51.1 Å². The van der Waals surface area contributed by atoms with Gasteiger partial charge in [0.25, 0.3) is 5.91 Å². The van der Waals surface area contributed by atoms with Gasteiger partial charge in [0.15, 0.2) is 6.10 Å². The molecule has 0 aliphatic carbocycles. The maximum Gasteiger partial charge on any atom is 0.306 e. The molecule has 2 aromatic rings. The summed E-state index contributed by atoms with van der Waals surface area (Å²) in [5.74, 6) is -2.31. The molecule has 0 bridgehead atoms. The smallest absolute Gasteiger partial charge is 0.306 e. The van der Waals surface area contributed by atoms with Crippen LogP contribution in [-0.4, -0.2) is 57.9 Å². The number of hydrogen-bond acceptors (Lipinski definition) is 7. The topological polar surface area (TPSA) is 126 Å². The number of unbranched alkanes of at least 4 members (excludes halogenated alkanes) is 1. The fourth-order valence-electron chi connectivity index (χ4n) is 4.60. The van der Waals surface area contributed by atoms with Gasteiger partial charge >= 0.3 is 11.9 Å². The number of nitrogens with zero attached hydrogens (tertiary/aromatic N) is 2. The molecule has 0 fully saturated rings. The van der Waals surface area contributed by atoms with E-state index in [2.05, 4.69) is 10.3 Å². The highest BCUT2D eigenvalue weighted by Crippen LogP contribution is 2.30. The standard InChI is InChI=1S/C30H43N3O6S/c1-7-8-14-27(35)33(6)25(19(2)3)17-26(39-21(5)34)29-32-24(18-40-29)28(36)31-23(15-20(4)30(37)38)16-22-12-10-9-11-13-22/h9-13,18-20,23,25-26H,7-8,14-17H2,1-6H3,(H,31,36)(H,37,38). The summed E-state index contributed by atoms with van der Waals surface area (Å²) in [5.41, 5.74) is 1.16. The Bertz CT molecular complexity index is 1120. The Balaban J connectivity index is 2.23. The molecule has 0 saturated carbocycles. The first kappa shape index (κ1) is 32.9. The van der Waals surface area contributed by atoms with Crippen molar-refractivity contribution in [1.82, 2.24) is 15.2 Å². The van der Waals surface area contributed by atoms with Gasteiger partial charge in [-0.1, -0.05) is 64.4 Å². The molecular formula is C30H43N3O6S. The van der Waals surface area contributed by atoms with Crippen molar-refractivity contribution in [2.45, 2.75) is 91.3 Å². The van der Waals surface area contributed by atoms with E-state index in [-0.39, 0.29) is 30.0 Å². The molecule has 0 saturated heterocycles. The number of carbonyl (C=O) groups is 4. The quantitative estimate of drug-likeness (QED) is 0.262. The summed E-state index contributed by atoms with van der Waals surface area (Å²) in [6, 6.07) is 8.96.